The molecule has 0 spiro atoms. The van der Waals surface area contributed by atoms with Crippen LogP contribution in [-0.2, 0) is 0 Å². The number of aromatic hydroxyl groups is 1. The molecule has 0 atom stereocenters. The number of carbonyl (C=O) groups excluding carboxylic acids is 1. The number of carbonyl (C=O) groups is 1. The summed E-state index contributed by atoms with van der Waals surface area (Å²) in [4.78, 5) is 14.2. The average molecular weight is 300 g/mol. The highest BCUT2D eigenvalue weighted by atomic mass is 16.3. The van der Waals surface area contributed by atoms with Crippen LogP contribution in [0.3, 0.4) is 0 Å². The number of nitrogens with zero attached hydrogens (tertiary/aromatic N) is 1. The molecule has 0 aliphatic heterocycles. The van der Waals surface area contributed by atoms with Crippen molar-refractivity contribution < 1.29 is 15.0 Å². The summed E-state index contributed by atoms with van der Waals surface area (Å²) in [6.45, 7) is 2.34. The smallest absolute Gasteiger partial charge is 0.256 e. The molecule has 1 amide bonds. The van der Waals surface area contributed by atoms with E-state index in [2.05, 4.69) is 5.32 Å². The van der Waals surface area contributed by atoms with E-state index in [1.165, 1.54) is 0 Å². The van der Waals surface area contributed by atoms with Crippen molar-refractivity contribution in [3.05, 3.63) is 53.6 Å². The van der Waals surface area contributed by atoms with Crippen molar-refractivity contribution in [2.45, 2.75) is 6.92 Å². The first-order chi connectivity index (χ1) is 10.5. The zero-order valence-corrected chi connectivity index (χ0v) is 12.7. The van der Waals surface area contributed by atoms with Gasteiger partial charge in [-0.3, -0.25) is 4.79 Å². The van der Waals surface area contributed by atoms with E-state index in [9.17, 15) is 9.90 Å². The summed E-state index contributed by atoms with van der Waals surface area (Å²) in [7, 11) is 1.89. The molecule has 0 heterocycles. The van der Waals surface area contributed by atoms with Gasteiger partial charge in [-0.25, -0.2) is 0 Å². The van der Waals surface area contributed by atoms with Crippen molar-refractivity contribution in [2.75, 3.05) is 30.4 Å². The molecular formula is C17H20N2O3. The monoisotopic (exact) mass is 300 g/mol. The number of phenols is 1. The van der Waals surface area contributed by atoms with Gasteiger partial charge in [-0.1, -0.05) is 6.07 Å². The molecule has 0 saturated heterocycles. The third-order valence-corrected chi connectivity index (χ3v) is 3.55. The maximum atomic E-state index is 12.2. The number of aliphatic hydroxyl groups excluding tert-OH is 1. The number of phenolic OH excluding ortho intramolecular Hbond substituents is 1. The lowest BCUT2D eigenvalue weighted by Crippen LogP contribution is -2.21. The number of nitrogens with one attached hydrogen (secondary N) is 1. The number of benzene rings is 2. The fraction of sp³-hybridized carbons (Fsp3) is 0.235. The Labute approximate surface area is 129 Å². The summed E-state index contributed by atoms with van der Waals surface area (Å²) in [5.74, 6) is -0.154. The van der Waals surface area contributed by atoms with Crippen molar-refractivity contribution in [1.82, 2.24) is 0 Å². The van der Waals surface area contributed by atoms with Crippen molar-refractivity contribution in [1.29, 1.82) is 0 Å². The fourth-order valence-corrected chi connectivity index (χ4v) is 2.15. The molecule has 22 heavy (non-hydrogen) atoms. The first-order valence-electron chi connectivity index (χ1n) is 7.05. The first kappa shape index (κ1) is 15.9. The average Bonchev–Trinajstić information content (AvgIpc) is 2.51. The molecule has 0 aliphatic rings. The minimum absolute atomic E-state index is 0.0891. The molecule has 0 aliphatic carbocycles. The van der Waals surface area contributed by atoms with Crippen LogP contribution in [0.4, 0.5) is 11.4 Å². The van der Waals surface area contributed by atoms with Crippen LogP contribution in [0.1, 0.15) is 15.9 Å². The van der Waals surface area contributed by atoms with E-state index in [0.717, 1.165) is 5.69 Å². The Morgan fingerprint density at radius 3 is 2.50 bits per heavy atom. The van der Waals surface area contributed by atoms with Gasteiger partial charge in [-0.2, -0.15) is 0 Å². The topological polar surface area (TPSA) is 72.8 Å². The third kappa shape index (κ3) is 3.56. The predicted molar refractivity (Wildman–Crippen MR) is 87.6 cm³/mol. The van der Waals surface area contributed by atoms with E-state index < -0.39 is 0 Å². The third-order valence-electron chi connectivity index (χ3n) is 3.55. The van der Waals surface area contributed by atoms with Gasteiger partial charge in [0.15, 0.2) is 0 Å². The SMILES string of the molecule is Cc1c(O)cccc1C(=O)Nc1ccc(N(C)CCO)cc1. The Morgan fingerprint density at radius 1 is 1.18 bits per heavy atom. The summed E-state index contributed by atoms with van der Waals surface area (Å²) in [6.07, 6.45) is 0. The number of hydrogen-bond acceptors (Lipinski definition) is 4. The molecule has 0 aromatic heterocycles. The number of rotatable bonds is 5. The van der Waals surface area contributed by atoms with E-state index in [0.29, 0.717) is 23.4 Å². The van der Waals surface area contributed by atoms with Crippen LogP contribution in [0.5, 0.6) is 5.75 Å². The Hall–Kier alpha value is -2.53. The number of anilines is 2. The molecule has 2 aromatic rings. The van der Waals surface area contributed by atoms with Gasteiger partial charge in [-0.05, 0) is 43.3 Å². The zero-order chi connectivity index (χ0) is 16.1. The summed E-state index contributed by atoms with van der Waals surface area (Å²) >= 11 is 0. The summed E-state index contributed by atoms with van der Waals surface area (Å²) in [6, 6.07) is 12.2. The lowest BCUT2D eigenvalue weighted by Gasteiger charge is -2.18. The highest BCUT2D eigenvalue weighted by molar-refractivity contribution is 6.05. The van der Waals surface area contributed by atoms with Gasteiger partial charge in [0.05, 0.1) is 6.61 Å². The normalized spacial score (nSPS) is 10.3. The van der Waals surface area contributed by atoms with E-state index in [4.69, 9.17) is 5.11 Å². The lowest BCUT2D eigenvalue weighted by molar-refractivity contribution is 0.102. The number of hydrogen-bond donors (Lipinski definition) is 3. The van der Waals surface area contributed by atoms with Gasteiger partial charge in [0.25, 0.3) is 5.91 Å². The maximum absolute atomic E-state index is 12.2. The minimum atomic E-state index is -0.259. The van der Waals surface area contributed by atoms with E-state index in [1.807, 2.05) is 24.1 Å². The summed E-state index contributed by atoms with van der Waals surface area (Å²) in [5, 5.41) is 21.4. The largest absolute Gasteiger partial charge is 0.508 e. The quantitative estimate of drug-likeness (QED) is 0.792. The van der Waals surface area contributed by atoms with Crippen molar-refractivity contribution in [3.8, 4) is 5.75 Å². The van der Waals surface area contributed by atoms with Crippen molar-refractivity contribution >= 4 is 17.3 Å². The molecule has 0 radical (unpaired) electrons. The van der Waals surface area contributed by atoms with Gasteiger partial charge in [0.2, 0.25) is 0 Å². The van der Waals surface area contributed by atoms with Crippen LogP contribution >= 0.6 is 0 Å². The van der Waals surface area contributed by atoms with Crippen LogP contribution in [0, 0.1) is 6.92 Å². The van der Waals surface area contributed by atoms with Gasteiger partial charge in [0, 0.05) is 36.1 Å². The lowest BCUT2D eigenvalue weighted by atomic mass is 10.1. The van der Waals surface area contributed by atoms with Crippen LogP contribution in [0.2, 0.25) is 0 Å². The molecule has 5 nitrogen and oxygen atoms in total. The Bertz CT molecular complexity index is 653. The molecule has 0 saturated carbocycles. The zero-order valence-electron chi connectivity index (χ0n) is 12.7. The molecule has 5 heteroatoms. The highest BCUT2D eigenvalue weighted by Crippen LogP contribution is 2.21. The molecule has 2 rings (SSSR count). The fourth-order valence-electron chi connectivity index (χ4n) is 2.15. The van der Waals surface area contributed by atoms with Crippen LogP contribution in [0.15, 0.2) is 42.5 Å². The van der Waals surface area contributed by atoms with E-state index >= 15 is 0 Å². The molecule has 0 unspecified atom stereocenters. The minimum Gasteiger partial charge on any atom is -0.508 e. The first-order valence-corrected chi connectivity index (χ1v) is 7.05. The maximum Gasteiger partial charge on any atom is 0.256 e. The van der Waals surface area contributed by atoms with Crippen LogP contribution in [-0.4, -0.2) is 36.3 Å². The molecule has 3 N–H and O–H groups in total. The molecular weight excluding hydrogens is 280 g/mol. The second-order valence-corrected chi connectivity index (χ2v) is 5.10. The van der Waals surface area contributed by atoms with Gasteiger partial charge in [-0.15, -0.1) is 0 Å². The van der Waals surface area contributed by atoms with Crippen LogP contribution < -0.4 is 10.2 Å². The number of aliphatic hydroxyl groups is 1. The Kier molecular flexibility index (Phi) is 5.01. The highest BCUT2D eigenvalue weighted by Gasteiger charge is 2.11. The number of amides is 1. The second-order valence-electron chi connectivity index (χ2n) is 5.10. The van der Waals surface area contributed by atoms with E-state index in [-0.39, 0.29) is 18.3 Å². The van der Waals surface area contributed by atoms with Crippen LogP contribution in [0.25, 0.3) is 0 Å². The van der Waals surface area contributed by atoms with E-state index in [1.54, 1.807) is 37.3 Å². The van der Waals surface area contributed by atoms with Gasteiger partial charge < -0.3 is 20.4 Å². The predicted octanol–water partition coefficient (Wildman–Crippen LogP) is 2.38. The van der Waals surface area contributed by atoms with Gasteiger partial charge in [0.1, 0.15) is 5.75 Å². The van der Waals surface area contributed by atoms with Crippen molar-refractivity contribution in [2.24, 2.45) is 0 Å². The van der Waals surface area contributed by atoms with Crippen molar-refractivity contribution in [3.63, 3.8) is 0 Å². The molecule has 0 fully saturated rings. The summed E-state index contributed by atoms with van der Waals surface area (Å²) in [5.41, 5.74) is 2.63. The Morgan fingerprint density at radius 2 is 1.86 bits per heavy atom. The molecule has 0 bridgehead atoms. The second kappa shape index (κ2) is 6.95. The molecule has 116 valence electrons. The Balaban J connectivity index is 2.10. The summed E-state index contributed by atoms with van der Waals surface area (Å²) < 4.78 is 0. The van der Waals surface area contributed by atoms with Gasteiger partial charge >= 0.3 is 0 Å². The number of likely N-dealkylation sites (N-methyl/N-ethyl adjacent to an activating group) is 1. The standard InChI is InChI=1S/C17H20N2O3/c1-12-15(4-3-5-16(12)21)17(22)18-13-6-8-14(9-7-13)19(2)10-11-20/h3-9,20-21H,10-11H2,1-2H3,(H,18,22). The molecule has 2 aromatic carbocycles.